The third kappa shape index (κ3) is 3.00. The van der Waals surface area contributed by atoms with Crippen molar-refractivity contribution in [1.82, 2.24) is 5.32 Å². The van der Waals surface area contributed by atoms with Gasteiger partial charge >= 0.3 is 5.97 Å². The van der Waals surface area contributed by atoms with E-state index in [9.17, 15) is 14.7 Å². The van der Waals surface area contributed by atoms with Crippen LogP contribution in [0.1, 0.15) is 26.8 Å². The fourth-order valence-corrected chi connectivity index (χ4v) is 2.71. The molecule has 0 saturated carbocycles. The molecule has 0 aliphatic rings. The van der Waals surface area contributed by atoms with Gasteiger partial charge in [-0.3, -0.25) is 4.79 Å². The van der Waals surface area contributed by atoms with Crippen molar-refractivity contribution in [2.45, 2.75) is 13.0 Å². The monoisotopic (exact) mass is 309 g/mol. The predicted molar refractivity (Wildman–Crippen MR) is 78.4 cm³/mol. The average molecular weight is 310 g/mol. The van der Waals surface area contributed by atoms with Crippen LogP contribution >= 0.6 is 22.9 Å². The van der Waals surface area contributed by atoms with Gasteiger partial charge in [-0.05, 0) is 36.1 Å². The highest BCUT2D eigenvalue weighted by molar-refractivity contribution is 7.10. The Labute approximate surface area is 125 Å². The molecule has 4 nitrogen and oxygen atoms in total. The Kier molecular flexibility index (Phi) is 4.42. The molecule has 1 aromatic carbocycles. The van der Waals surface area contributed by atoms with E-state index in [1.54, 1.807) is 42.6 Å². The summed E-state index contributed by atoms with van der Waals surface area (Å²) < 4.78 is 0. The Morgan fingerprint density at radius 2 is 2.05 bits per heavy atom. The molecule has 1 aromatic heterocycles. The molecule has 2 N–H and O–H groups in total. The van der Waals surface area contributed by atoms with Crippen LogP contribution in [0.15, 0.2) is 35.7 Å². The minimum atomic E-state index is -1.10. The zero-order chi connectivity index (χ0) is 14.7. The summed E-state index contributed by atoms with van der Waals surface area (Å²) in [6.45, 7) is 1.72. The van der Waals surface area contributed by atoms with Crippen molar-refractivity contribution < 1.29 is 14.7 Å². The van der Waals surface area contributed by atoms with Gasteiger partial charge in [0.05, 0.1) is 0 Å². The van der Waals surface area contributed by atoms with Crippen LogP contribution in [0.4, 0.5) is 0 Å². The number of halogens is 1. The number of thiophene rings is 1. The quantitative estimate of drug-likeness (QED) is 0.911. The lowest BCUT2D eigenvalue weighted by molar-refractivity contribution is -0.139. The van der Waals surface area contributed by atoms with E-state index in [0.717, 1.165) is 0 Å². The first-order valence-corrected chi connectivity index (χ1v) is 7.08. The standard InChI is InChI=1S/C14H12ClNO3S/c1-8-9(4-2-5-10(8)15)13(17)16-12(14(18)19)11-6-3-7-20-11/h2-7,12H,1H3,(H,16,17)(H,18,19). The van der Waals surface area contributed by atoms with Crippen molar-refractivity contribution in [1.29, 1.82) is 0 Å². The van der Waals surface area contributed by atoms with E-state index in [0.29, 0.717) is 21.0 Å². The fraction of sp³-hybridized carbons (Fsp3) is 0.143. The molecular weight excluding hydrogens is 298 g/mol. The molecule has 0 spiro atoms. The number of benzene rings is 1. The highest BCUT2D eigenvalue weighted by Gasteiger charge is 2.24. The number of rotatable bonds is 4. The number of hydrogen-bond donors (Lipinski definition) is 2. The lowest BCUT2D eigenvalue weighted by Gasteiger charge is -2.14. The summed E-state index contributed by atoms with van der Waals surface area (Å²) in [6, 6.07) is 7.32. The van der Waals surface area contributed by atoms with E-state index < -0.39 is 17.9 Å². The molecular formula is C14H12ClNO3S. The first-order chi connectivity index (χ1) is 9.50. The van der Waals surface area contributed by atoms with Gasteiger partial charge in [0.2, 0.25) is 0 Å². The van der Waals surface area contributed by atoms with Crippen LogP contribution in [-0.2, 0) is 4.79 Å². The summed E-state index contributed by atoms with van der Waals surface area (Å²) in [5, 5.41) is 14.0. The van der Waals surface area contributed by atoms with Gasteiger partial charge < -0.3 is 10.4 Å². The summed E-state index contributed by atoms with van der Waals surface area (Å²) in [5.41, 5.74) is 1.00. The molecule has 0 radical (unpaired) electrons. The highest BCUT2D eigenvalue weighted by atomic mass is 35.5. The molecule has 0 saturated heterocycles. The van der Waals surface area contributed by atoms with Gasteiger partial charge in [-0.15, -0.1) is 11.3 Å². The second-order valence-corrected chi connectivity index (χ2v) is 5.56. The summed E-state index contributed by atoms with van der Waals surface area (Å²) >= 11 is 7.24. The van der Waals surface area contributed by atoms with Crippen molar-refractivity contribution in [2.24, 2.45) is 0 Å². The van der Waals surface area contributed by atoms with E-state index in [-0.39, 0.29) is 0 Å². The van der Waals surface area contributed by atoms with E-state index in [2.05, 4.69) is 5.32 Å². The summed E-state index contributed by atoms with van der Waals surface area (Å²) in [6.07, 6.45) is 0. The molecule has 0 fully saturated rings. The number of hydrogen-bond acceptors (Lipinski definition) is 3. The van der Waals surface area contributed by atoms with Gasteiger partial charge in [0.1, 0.15) is 0 Å². The fourth-order valence-electron chi connectivity index (χ4n) is 1.77. The number of amides is 1. The van der Waals surface area contributed by atoms with Crippen LogP contribution in [0.5, 0.6) is 0 Å². The van der Waals surface area contributed by atoms with Crippen LogP contribution in [-0.4, -0.2) is 17.0 Å². The minimum Gasteiger partial charge on any atom is -0.479 e. The van der Waals surface area contributed by atoms with E-state index in [4.69, 9.17) is 11.6 Å². The Morgan fingerprint density at radius 3 is 2.65 bits per heavy atom. The molecule has 0 aliphatic heterocycles. The zero-order valence-electron chi connectivity index (χ0n) is 10.6. The molecule has 0 aliphatic carbocycles. The lowest BCUT2D eigenvalue weighted by Crippen LogP contribution is -2.33. The van der Waals surface area contributed by atoms with E-state index in [1.807, 2.05) is 0 Å². The molecule has 20 heavy (non-hydrogen) atoms. The van der Waals surface area contributed by atoms with Gasteiger partial charge in [0, 0.05) is 15.5 Å². The van der Waals surface area contributed by atoms with Gasteiger partial charge in [-0.2, -0.15) is 0 Å². The maximum absolute atomic E-state index is 12.2. The maximum atomic E-state index is 12.2. The topological polar surface area (TPSA) is 66.4 Å². The normalized spacial score (nSPS) is 11.9. The Bertz CT molecular complexity index is 640. The molecule has 2 aromatic rings. The van der Waals surface area contributed by atoms with E-state index in [1.165, 1.54) is 11.3 Å². The molecule has 104 valence electrons. The molecule has 1 heterocycles. The molecule has 1 amide bonds. The summed E-state index contributed by atoms with van der Waals surface area (Å²) in [4.78, 5) is 24.1. The van der Waals surface area contributed by atoms with Crippen molar-refractivity contribution in [2.75, 3.05) is 0 Å². The number of carbonyl (C=O) groups is 2. The Hall–Kier alpha value is -1.85. The van der Waals surface area contributed by atoms with Crippen molar-refractivity contribution >= 4 is 34.8 Å². The summed E-state index contributed by atoms with van der Waals surface area (Å²) in [7, 11) is 0. The largest absolute Gasteiger partial charge is 0.479 e. The molecule has 2 rings (SSSR count). The maximum Gasteiger partial charge on any atom is 0.331 e. The second-order valence-electron chi connectivity index (χ2n) is 4.17. The minimum absolute atomic E-state index is 0.375. The first-order valence-electron chi connectivity index (χ1n) is 5.83. The van der Waals surface area contributed by atoms with Crippen LogP contribution in [0.2, 0.25) is 5.02 Å². The third-order valence-corrected chi connectivity index (χ3v) is 4.21. The van der Waals surface area contributed by atoms with Gasteiger partial charge in [-0.25, -0.2) is 4.79 Å². The third-order valence-electron chi connectivity index (χ3n) is 2.86. The molecule has 1 atom stereocenters. The van der Waals surface area contributed by atoms with Crippen molar-refractivity contribution in [3.63, 3.8) is 0 Å². The number of carboxylic acids is 1. The number of carboxylic acid groups (broad SMARTS) is 1. The highest BCUT2D eigenvalue weighted by Crippen LogP contribution is 2.22. The molecule has 0 bridgehead atoms. The zero-order valence-corrected chi connectivity index (χ0v) is 12.2. The molecule has 6 heteroatoms. The average Bonchev–Trinajstić information content (AvgIpc) is 2.92. The van der Waals surface area contributed by atoms with Crippen molar-refractivity contribution in [3.05, 3.63) is 56.7 Å². The SMILES string of the molecule is Cc1c(Cl)cccc1C(=O)NC(C(=O)O)c1cccs1. The van der Waals surface area contributed by atoms with Crippen LogP contribution in [0, 0.1) is 6.92 Å². The van der Waals surface area contributed by atoms with Gasteiger partial charge in [0.15, 0.2) is 6.04 Å². The second kappa shape index (κ2) is 6.07. The number of carbonyl (C=O) groups excluding carboxylic acids is 1. The summed E-state index contributed by atoms with van der Waals surface area (Å²) in [5.74, 6) is -1.55. The Balaban J connectivity index is 2.25. The van der Waals surface area contributed by atoms with Crippen LogP contribution in [0.25, 0.3) is 0 Å². The van der Waals surface area contributed by atoms with Crippen molar-refractivity contribution in [3.8, 4) is 0 Å². The first kappa shape index (κ1) is 14.6. The lowest BCUT2D eigenvalue weighted by atomic mass is 10.1. The van der Waals surface area contributed by atoms with Crippen LogP contribution < -0.4 is 5.32 Å². The van der Waals surface area contributed by atoms with E-state index >= 15 is 0 Å². The number of aliphatic carboxylic acids is 1. The predicted octanol–water partition coefficient (Wildman–Crippen LogP) is 3.27. The Morgan fingerprint density at radius 1 is 1.30 bits per heavy atom. The number of nitrogens with one attached hydrogen (secondary N) is 1. The molecule has 1 unspecified atom stereocenters. The van der Waals surface area contributed by atoms with Gasteiger partial charge in [-0.1, -0.05) is 23.7 Å². The van der Waals surface area contributed by atoms with Crippen LogP contribution in [0.3, 0.4) is 0 Å². The van der Waals surface area contributed by atoms with Gasteiger partial charge in [0.25, 0.3) is 5.91 Å². The smallest absolute Gasteiger partial charge is 0.331 e.